The van der Waals surface area contributed by atoms with Gasteiger partial charge in [0.05, 0.1) is 28.0 Å². The lowest BCUT2D eigenvalue weighted by molar-refractivity contribution is -0.384. The van der Waals surface area contributed by atoms with E-state index in [-0.39, 0.29) is 35.6 Å². The predicted octanol–water partition coefficient (Wildman–Crippen LogP) is 5.66. The lowest BCUT2D eigenvalue weighted by atomic mass is 9.95. The highest BCUT2D eigenvalue weighted by Gasteiger charge is 2.45. The van der Waals surface area contributed by atoms with E-state index >= 15 is 0 Å². The molecule has 5 amide bonds. The minimum absolute atomic E-state index is 0.00101. The minimum atomic E-state index is -0.989. The highest BCUT2D eigenvalue weighted by molar-refractivity contribution is 6.23. The van der Waals surface area contributed by atoms with E-state index in [1.807, 2.05) is 53.4 Å². The van der Waals surface area contributed by atoms with Crippen molar-refractivity contribution in [3.63, 3.8) is 0 Å². The van der Waals surface area contributed by atoms with Gasteiger partial charge in [-0.25, -0.2) is 4.98 Å². The van der Waals surface area contributed by atoms with Crippen molar-refractivity contribution < 1.29 is 33.3 Å². The number of nitrogens with zero attached hydrogens (tertiary/aromatic N) is 6. The molecule has 60 heavy (non-hydrogen) atoms. The number of fused-ring (bicyclic) bond motifs is 1. The highest BCUT2D eigenvalue weighted by atomic mass is 16.6. The smallest absolute Gasteiger partial charge is 0.269 e. The summed E-state index contributed by atoms with van der Waals surface area (Å²) in [6.45, 7) is 5.38. The molecule has 3 saturated heterocycles. The van der Waals surface area contributed by atoms with Crippen LogP contribution in [0.1, 0.15) is 56.8 Å². The highest BCUT2D eigenvalue weighted by Crippen LogP contribution is 2.34. The summed E-state index contributed by atoms with van der Waals surface area (Å²) in [6, 6.07) is 25.6. The Hall–Kier alpha value is -7.00. The van der Waals surface area contributed by atoms with Crippen LogP contribution in [0, 0.1) is 16.0 Å². The molecular weight excluding hydrogens is 767 g/mol. The van der Waals surface area contributed by atoms with Crippen molar-refractivity contribution in [1.82, 2.24) is 25.0 Å². The Bertz CT molecular complexity index is 2510. The second-order valence-corrected chi connectivity index (χ2v) is 15.7. The first-order valence-corrected chi connectivity index (χ1v) is 20.1. The molecule has 1 N–H and O–H groups in total. The van der Waals surface area contributed by atoms with E-state index < -0.39 is 34.6 Å². The van der Waals surface area contributed by atoms with Crippen LogP contribution in [0.5, 0.6) is 0 Å². The van der Waals surface area contributed by atoms with Crippen molar-refractivity contribution in [2.45, 2.75) is 31.7 Å². The van der Waals surface area contributed by atoms with Gasteiger partial charge >= 0.3 is 0 Å². The van der Waals surface area contributed by atoms with Gasteiger partial charge in [-0.15, -0.1) is 0 Å². The van der Waals surface area contributed by atoms with Crippen LogP contribution in [0.15, 0.2) is 102 Å². The molecule has 2 aromatic heterocycles. The van der Waals surface area contributed by atoms with Crippen molar-refractivity contribution >= 4 is 40.9 Å². The number of nitro groups is 1. The molecule has 15 nitrogen and oxygen atoms in total. The third-order valence-electron chi connectivity index (χ3n) is 12.0. The largest absolute Gasteiger partial charge is 0.463 e. The first kappa shape index (κ1) is 38.5. The summed E-state index contributed by atoms with van der Waals surface area (Å²) in [6.07, 6.45) is 3.71. The first-order valence-electron chi connectivity index (χ1n) is 20.1. The fourth-order valence-corrected chi connectivity index (χ4v) is 8.67. The SMILES string of the molecule is O=C1CCC(N2C(=O)c3ccc(N4CCC(CN5CCN(C(=O)c6ccc(-c7cc(-c8ccc([N+](=O)[O-])cc8)nc(-c8ccco8)c7)cc6)CC5)CC4)cc3C2=O)C(=O)N1. The zero-order valence-electron chi connectivity index (χ0n) is 32.6. The zero-order valence-corrected chi connectivity index (χ0v) is 32.6. The molecule has 4 aliphatic heterocycles. The number of anilines is 1. The lowest BCUT2D eigenvalue weighted by Crippen LogP contribution is -2.54. The number of pyridine rings is 1. The van der Waals surface area contributed by atoms with Gasteiger partial charge in [0.1, 0.15) is 11.7 Å². The van der Waals surface area contributed by atoms with E-state index in [1.165, 1.54) is 12.1 Å². The maximum Gasteiger partial charge on any atom is 0.269 e. The number of nitrogens with one attached hydrogen (secondary N) is 1. The fraction of sp³-hybridized carbons (Fsp3) is 0.289. The van der Waals surface area contributed by atoms with E-state index in [9.17, 15) is 34.1 Å². The van der Waals surface area contributed by atoms with E-state index in [0.717, 1.165) is 72.8 Å². The molecule has 15 heteroatoms. The first-order chi connectivity index (χ1) is 29.1. The number of amides is 5. The summed E-state index contributed by atoms with van der Waals surface area (Å²) in [5, 5.41) is 13.4. The molecule has 304 valence electrons. The Balaban J connectivity index is 0.783. The average molecular weight is 808 g/mol. The van der Waals surface area contributed by atoms with Gasteiger partial charge in [0, 0.05) is 81.2 Å². The molecule has 5 aromatic rings. The predicted molar refractivity (Wildman–Crippen MR) is 220 cm³/mol. The number of piperidine rings is 2. The number of imide groups is 2. The number of aromatic nitrogens is 1. The van der Waals surface area contributed by atoms with Gasteiger partial charge < -0.3 is 14.2 Å². The van der Waals surface area contributed by atoms with Gasteiger partial charge in [-0.3, -0.25) is 49.2 Å². The second kappa shape index (κ2) is 16.0. The number of benzene rings is 3. The molecule has 1 atom stereocenters. The van der Waals surface area contributed by atoms with Crippen molar-refractivity contribution in [1.29, 1.82) is 0 Å². The van der Waals surface area contributed by atoms with Crippen LogP contribution in [0.25, 0.3) is 33.8 Å². The van der Waals surface area contributed by atoms with Crippen molar-refractivity contribution in [2.75, 3.05) is 50.7 Å². The van der Waals surface area contributed by atoms with Crippen LogP contribution in [-0.2, 0) is 9.59 Å². The number of carbonyl (C=O) groups excluding carboxylic acids is 5. The van der Waals surface area contributed by atoms with Crippen LogP contribution in [0.4, 0.5) is 11.4 Å². The van der Waals surface area contributed by atoms with Crippen LogP contribution in [0.3, 0.4) is 0 Å². The Morgan fingerprint density at radius 1 is 0.767 bits per heavy atom. The molecule has 0 radical (unpaired) electrons. The van der Waals surface area contributed by atoms with Crippen LogP contribution < -0.4 is 10.2 Å². The number of rotatable bonds is 9. The summed E-state index contributed by atoms with van der Waals surface area (Å²) in [7, 11) is 0. The second-order valence-electron chi connectivity index (χ2n) is 15.7. The maximum atomic E-state index is 13.6. The fourth-order valence-electron chi connectivity index (χ4n) is 8.67. The summed E-state index contributed by atoms with van der Waals surface area (Å²) in [5.41, 5.74) is 5.76. The van der Waals surface area contributed by atoms with E-state index in [2.05, 4.69) is 15.1 Å². The average Bonchev–Trinajstić information content (AvgIpc) is 3.90. The van der Waals surface area contributed by atoms with Gasteiger partial charge in [0.25, 0.3) is 23.4 Å². The van der Waals surface area contributed by atoms with E-state index in [0.29, 0.717) is 41.7 Å². The number of hydrogen-bond donors (Lipinski definition) is 1. The Morgan fingerprint density at radius 3 is 2.15 bits per heavy atom. The monoisotopic (exact) mass is 807 g/mol. The summed E-state index contributed by atoms with van der Waals surface area (Å²) >= 11 is 0. The van der Waals surface area contributed by atoms with Gasteiger partial charge in [0.2, 0.25) is 11.8 Å². The van der Waals surface area contributed by atoms with E-state index in [1.54, 1.807) is 36.6 Å². The Kier molecular flexibility index (Phi) is 10.3. The Labute approximate surface area is 344 Å². The molecule has 0 aliphatic carbocycles. The molecule has 0 spiro atoms. The number of nitro benzene ring substituents is 1. The summed E-state index contributed by atoms with van der Waals surface area (Å²) in [4.78, 5) is 87.3. The van der Waals surface area contributed by atoms with Crippen molar-refractivity contribution in [3.8, 4) is 33.8 Å². The number of piperazine rings is 1. The molecule has 0 saturated carbocycles. The lowest BCUT2D eigenvalue weighted by Gasteiger charge is -2.39. The molecule has 4 aliphatic rings. The van der Waals surface area contributed by atoms with Crippen LogP contribution in [-0.4, -0.2) is 106 Å². The molecule has 3 fully saturated rings. The maximum absolute atomic E-state index is 13.6. The Morgan fingerprint density at radius 2 is 1.47 bits per heavy atom. The third-order valence-corrected chi connectivity index (χ3v) is 12.0. The molecular formula is C45H41N7O8. The quantitative estimate of drug-likeness (QED) is 0.110. The number of carbonyl (C=O) groups is 5. The molecule has 9 rings (SSSR count). The zero-order chi connectivity index (χ0) is 41.5. The molecule has 3 aromatic carbocycles. The van der Waals surface area contributed by atoms with Gasteiger partial charge in [-0.05, 0) is 103 Å². The molecule has 1 unspecified atom stereocenters. The number of hydrogen-bond acceptors (Lipinski definition) is 11. The van der Waals surface area contributed by atoms with Gasteiger partial charge in [0.15, 0.2) is 5.76 Å². The van der Waals surface area contributed by atoms with Gasteiger partial charge in [-0.2, -0.15) is 0 Å². The minimum Gasteiger partial charge on any atom is -0.463 e. The topological polar surface area (TPSA) is 180 Å². The normalized spacial score (nSPS) is 18.8. The molecule has 0 bridgehead atoms. The van der Waals surface area contributed by atoms with Gasteiger partial charge in [-0.1, -0.05) is 12.1 Å². The summed E-state index contributed by atoms with van der Waals surface area (Å²) in [5.74, 6) is -0.968. The van der Waals surface area contributed by atoms with E-state index in [4.69, 9.17) is 9.40 Å². The molecule has 6 heterocycles. The number of non-ortho nitro benzene ring substituents is 1. The third kappa shape index (κ3) is 7.54. The summed E-state index contributed by atoms with van der Waals surface area (Å²) < 4.78 is 5.64. The van der Waals surface area contributed by atoms with Crippen LogP contribution in [0.2, 0.25) is 0 Å². The van der Waals surface area contributed by atoms with Crippen LogP contribution >= 0.6 is 0 Å². The number of furan rings is 1. The standard InChI is InChI=1S/C45H41N7O8/c53-41-14-13-39(42(54)47-41)51-44(56)35-12-11-34(26-36(35)45(51)57)49-17-15-28(16-18-49)27-48-19-21-50(22-20-48)43(55)31-5-3-29(4-6-31)32-24-37(30-7-9-33(10-8-30)52(58)59)46-38(25-32)40-2-1-23-60-40/h1-12,23-26,28,39H,13-22,27H2,(H,47,53,54). The van der Waals surface area contributed by atoms with Crippen molar-refractivity contribution in [2.24, 2.45) is 5.92 Å². The van der Waals surface area contributed by atoms with Crippen molar-refractivity contribution in [3.05, 3.63) is 124 Å².